The minimum Gasteiger partial charge on any atom is -0.483 e. The number of carbonyl (C=O) groups is 2. The van der Waals surface area contributed by atoms with Crippen molar-refractivity contribution in [2.45, 2.75) is 18.6 Å². The van der Waals surface area contributed by atoms with E-state index in [2.05, 4.69) is 10.9 Å². The first kappa shape index (κ1) is 22.5. The van der Waals surface area contributed by atoms with Gasteiger partial charge in [0.15, 0.2) is 12.2 Å². The highest BCUT2D eigenvalue weighted by atomic mass is 16.5. The Morgan fingerprint density at radius 1 is 0.909 bits per heavy atom. The fraction of sp³-hybridized carbons (Fsp3) is 0.231. The highest BCUT2D eigenvalue weighted by Gasteiger charge is 2.42. The number of amides is 2. The van der Waals surface area contributed by atoms with Gasteiger partial charge in [0.25, 0.3) is 11.8 Å². The zero-order valence-corrected chi connectivity index (χ0v) is 18.2. The summed E-state index contributed by atoms with van der Waals surface area (Å²) in [4.78, 5) is 26.8. The van der Waals surface area contributed by atoms with Crippen molar-refractivity contribution in [2.75, 3.05) is 19.7 Å². The smallest absolute Gasteiger partial charge is 0.276 e. The first-order chi connectivity index (χ1) is 16.0. The van der Waals surface area contributed by atoms with Gasteiger partial charge >= 0.3 is 0 Å². The van der Waals surface area contributed by atoms with Crippen molar-refractivity contribution in [1.29, 1.82) is 0 Å². The summed E-state index contributed by atoms with van der Waals surface area (Å²) in [5.74, 6) is -0.582. The van der Waals surface area contributed by atoms with Crippen LogP contribution in [-0.4, -0.2) is 47.1 Å². The maximum Gasteiger partial charge on any atom is 0.276 e. The van der Waals surface area contributed by atoms with Gasteiger partial charge in [-0.15, -0.1) is 0 Å². The molecule has 3 aromatic carbocycles. The van der Waals surface area contributed by atoms with Crippen molar-refractivity contribution in [2.24, 2.45) is 0 Å². The number of nitrogens with one attached hydrogen (secondary N) is 2. The number of aliphatic hydroxyl groups is 1. The van der Waals surface area contributed by atoms with Crippen molar-refractivity contribution < 1.29 is 19.4 Å². The second-order valence-corrected chi connectivity index (χ2v) is 8.13. The van der Waals surface area contributed by atoms with Crippen LogP contribution in [0.5, 0.6) is 5.75 Å². The molecule has 1 aliphatic rings. The summed E-state index contributed by atoms with van der Waals surface area (Å²) in [6.07, 6.45) is 0.294. The second kappa shape index (κ2) is 10.3. The molecule has 2 amide bonds. The van der Waals surface area contributed by atoms with Gasteiger partial charge in [-0.25, -0.2) is 0 Å². The minimum atomic E-state index is -1.55. The molecule has 33 heavy (non-hydrogen) atoms. The Balaban J connectivity index is 1.26. The van der Waals surface area contributed by atoms with Gasteiger partial charge in [0.1, 0.15) is 5.75 Å². The number of ether oxygens (including phenoxy) is 1. The summed E-state index contributed by atoms with van der Waals surface area (Å²) in [7, 11) is 0. The molecule has 7 nitrogen and oxygen atoms in total. The summed E-state index contributed by atoms with van der Waals surface area (Å²) < 4.78 is 5.69. The Morgan fingerprint density at radius 3 is 2.33 bits per heavy atom. The van der Waals surface area contributed by atoms with Crippen LogP contribution in [0.25, 0.3) is 11.1 Å². The normalized spacial score (nSPS) is 18.0. The summed E-state index contributed by atoms with van der Waals surface area (Å²) in [5.41, 5.74) is 6.08. The molecule has 1 aliphatic heterocycles. The third kappa shape index (κ3) is 5.77. The predicted octanol–water partition coefficient (Wildman–Crippen LogP) is 2.52. The molecule has 0 spiro atoms. The SMILES string of the molecule is O=C(COc1ccccc1-c1ccccc1)NNC(=O)[C@]1(O)CCN(Cc2ccccc2)C1. The van der Waals surface area contributed by atoms with Crippen LogP contribution in [0, 0.1) is 0 Å². The summed E-state index contributed by atoms with van der Waals surface area (Å²) in [5, 5.41) is 10.8. The Labute approximate surface area is 193 Å². The van der Waals surface area contributed by atoms with Crippen LogP contribution in [-0.2, 0) is 16.1 Å². The van der Waals surface area contributed by atoms with E-state index in [1.54, 1.807) is 6.07 Å². The van der Waals surface area contributed by atoms with E-state index in [0.29, 0.717) is 25.3 Å². The summed E-state index contributed by atoms with van der Waals surface area (Å²) >= 11 is 0. The second-order valence-electron chi connectivity index (χ2n) is 8.13. The predicted molar refractivity (Wildman–Crippen MR) is 125 cm³/mol. The zero-order valence-electron chi connectivity index (χ0n) is 18.2. The number of likely N-dealkylation sites (tertiary alicyclic amines) is 1. The van der Waals surface area contributed by atoms with Gasteiger partial charge in [-0.3, -0.25) is 25.3 Å². The van der Waals surface area contributed by atoms with E-state index in [9.17, 15) is 14.7 Å². The van der Waals surface area contributed by atoms with Gasteiger partial charge in [0.05, 0.1) is 0 Å². The Hall–Kier alpha value is -3.68. The molecule has 0 aromatic heterocycles. The molecule has 0 unspecified atom stereocenters. The largest absolute Gasteiger partial charge is 0.483 e. The number of hydrogen-bond donors (Lipinski definition) is 3. The van der Waals surface area contributed by atoms with Gasteiger partial charge in [-0.1, -0.05) is 78.9 Å². The summed E-state index contributed by atoms with van der Waals surface area (Å²) in [6.45, 7) is 1.16. The molecular weight excluding hydrogens is 418 g/mol. The van der Waals surface area contributed by atoms with Crippen molar-refractivity contribution in [3.8, 4) is 16.9 Å². The maximum atomic E-state index is 12.5. The van der Waals surface area contributed by atoms with Crippen LogP contribution in [0.4, 0.5) is 0 Å². The van der Waals surface area contributed by atoms with E-state index in [1.165, 1.54) is 0 Å². The van der Waals surface area contributed by atoms with Gasteiger partial charge in [0.2, 0.25) is 0 Å². The Bertz CT molecular complexity index is 1090. The molecule has 0 radical (unpaired) electrons. The highest BCUT2D eigenvalue weighted by molar-refractivity contribution is 5.88. The molecule has 170 valence electrons. The molecule has 4 rings (SSSR count). The van der Waals surface area contributed by atoms with Gasteiger partial charge < -0.3 is 9.84 Å². The molecule has 3 N–H and O–H groups in total. The fourth-order valence-electron chi connectivity index (χ4n) is 3.90. The lowest BCUT2D eigenvalue weighted by Crippen LogP contribution is -2.55. The molecule has 0 bridgehead atoms. The van der Waals surface area contributed by atoms with E-state index in [0.717, 1.165) is 16.7 Å². The number of rotatable bonds is 7. The Kier molecular flexibility index (Phi) is 7.02. The first-order valence-electron chi connectivity index (χ1n) is 10.9. The number of hydrogen-bond acceptors (Lipinski definition) is 5. The molecule has 1 saturated heterocycles. The van der Waals surface area contributed by atoms with Gasteiger partial charge in [0, 0.05) is 25.2 Å². The van der Waals surface area contributed by atoms with Crippen LogP contribution in [0.2, 0.25) is 0 Å². The van der Waals surface area contributed by atoms with E-state index in [1.807, 2.05) is 83.8 Å². The number of β-amino-alcohol motifs (C(OH)–C–C–N with tert-alkyl or cyclic N) is 1. The number of hydrazine groups is 1. The van der Waals surface area contributed by atoms with E-state index in [-0.39, 0.29) is 13.2 Å². The van der Waals surface area contributed by atoms with E-state index in [4.69, 9.17) is 4.74 Å². The number of benzene rings is 3. The number of nitrogens with zero attached hydrogens (tertiary/aromatic N) is 1. The third-order valence-corrected chi connectivity index (χ3v) is 5.64. The van der Waals surface area contributed by atoms with E-state index >= 15 is 0 Å². The fourth-order valence-corrected chi connectivity index (χ4v) is 3.90. The van der Waals surface area contributed by atoms with Crippen LogP contribution >= 0.6 is 0 Å². The molecule has 7 heteroatoms. The van der Waals surface area contributed by atoms with Crippen molar-refractivity contribution >= 4 is 11.8 Å². The summed E-state index contributed by atoms with van der Waals surface area (Å²) in [6, 6.07) is 27.0. The zero-order chi connectivity index (χ0) is 23.1. The lowest BCUT2D eigenvalue weighted by Gasteiger charge is -2.22. The quantitative estimate of drug-likeness (QED) is 0.486. The highest BCUT2D eigenvalue weighted by Crippen LogP contribution is 2.29. The standard InChI is InChI=1S/C26H27N3O4/c30-24(18-33-23-14-8-7-13-22(23)21-11-5-2-6-12-21)27-28-25(31)26(32)15-16-29(19-26)17-20-9-3-1-4-10-20/h1-14,32H,15-19H2,(H,27,30)(H,28,31)/t26-/m0/s1. The molecule has 3 aromatic rings. The lowest BCUT2D eigenvalue weighted by molar-refractivity contribution is -0.142. The molecule has 1 atom stereocenters. The van der Waals surface area contributed by atoms with Gasteiger partial charge in [-0.05, 0) is 23.6 Å². The van der Waals surface area contributed by atoms with Crippen LogP contribution in [0.1, 0.15) is 12.0 Å². The molecule has 1 heterocycles. The third-order valence-electron chi connectivity index (χ3n) is 5.64. The number of para-hydroxylation sites is 1. The monoisotopic (exact) mass is 445 g/mol. The lowest BCUT2D eigenvalue weighted by atomic mass is 10.0. The topological polar surface area (TPSA) is 90.9 Å². The van der Waals surface area contributed by atoms with Crippen LogP contribution in [0.15, 0.2) is 84.9 Å². The van der Waals surface area contributed by atoms with Crippen molar-refractivity contribution in [1.82, 2.24) is 15.8 Å². The van der Waals surface area contributed by atoms with Crippen LogP contribution < -0.4 is 15.6 Å². The van der Waals surface area contributed by atoms with Crippen molar-refractivity contribution in [3.63, 3.8) is 0 Å². The maximum absolute atomic E-state index is 12.5. The van der Waals surface area contributed by atoms with Crippen molar-refractivity contribution in [3.05, 3.63) is 90.5 Å². The molecule has 0 saturated carbocycles. The Morgan fingerprint density at radius 2 is 1.58 bits per heavy atom. The average molecular weight is 446 g/mol. The van der Waals surface area contributed by atoms with E-state index < -0.39 is 17.4 Å². The van der Waals surface area contributed by atoms with Gasteiger partial charge in [-0.2, -0.15) is 0 Å². The van der Waals surface area contributed by atoms with Crippen LogP contribution in [0.3, 0.4) is 0 Å². The molecule has 1 fully saturated rings. The number of carbonyl (C=O) groups excluding carboxylic acids is 2. The molecular formula is C26H27N3O4. The average Bonchev–Trinajstić information content (AvgIpc) is 3.24. The molecule has 0 aliphatic carbocycles. The minimum absolute atomic E-state index is 0.199. The first-order valence-corrected chi connectivity index (χ1v) is 10.9.